The Kier molecular flexibility index (Phi) is 5.01. The van der Waals surface area contributed by atoms with Gasteiger partial charge in [0.15, 0.2) is 0 Å². The number of carbonyl (C=O) groups is 1. The molecule has 7 heteroatoms. The minimum absolute atomic E-state index is 0.154. The molecule has 0 bridgehead atoms. The van der Waals surface area contributed by atoms with E-state index in [2.05, 4.69) is 20.6 Å². The van der Waals surface area contributed by atoms with Gasteiger partial charge < -0.3 is 10.2 Å². The standard InChI is InChI=1S/C18H26N6O/c1-12(17-13(2)22-23(4)14(17)3)18(25)24-10-7-15(8-11-24)20-16-6-5-9-19-21-16/h5-6,9,12,15H,7-8,10-11H2,1-4H3,(H,20,21)/t12-/m1/s1. The normalized spacial score (nSPS) is 16.7. The summed E-state index contributed by atoms with van der Waals surface area (Å²) < 4.78 is 1.85. The van der Waals surface area contributed by atoms with E-state index in [1.165, 1.54) is 0 Å². The number of carbonyl (C=O) groups excluding carboxylic acids is 1. The number of aryl methyl sites for hydroxylation is 2. The Morgan fingerprint density at radius 1 is 1.32 bits per heavy atom. The lowest BCUT2D eigenvalue weighted by Gasteiger charge is -2.34. The second-order valence-electron chi connectivity index (χ2n) is 6.78. The van der Waals surface area contributed by atoms with E-state index in [1.54, 1.807) is 6.20 Å². The van der Waals surface area contributed by atoms with Crippen molar-refractivity contribution >= 4 is 11.7 Å². The van der Waals surface area contributed by atoms with Gasteiger partial charge in [-0.1, -0.05) is 0 Å². The zero-order valence-corrected chi connectivity index (χ0v) is 15.4. The Morgan fingerprint density at radius 2 is 2.04 bits per heavy atom. The van der Waals surface area contributed by atoms with Crippen LogP contribution in [0.4, 0.5) is 5.82 Å². The highest BCUT2D eigenvalue weighted by Crippen LogP contribution is 2.26. The highest BCUT2D eigenvalue weighted by Gasteiger charge is 2.29. The zero-order chi connectivity index (χ0) is 18.0. The van der Waals surface area contributed by atoms with Gasteiger partial charge in [0.25, 0.3) is 0 Å². The van der Waals surface area contributed by atoms with Gasteiger partial charge in [-0.3, -0.25) is 9.48 Å². The molecule has 1 fully saturated rings. The van der Waals surface area contributed by atoms with Crippen molar-refractivity contribution in [1.82, 2.24) is 24.9 Å². The summed E-state index contributed by atoms with van der Waals surface area (Å²) in [6.07, 6.45) is 3.50. The molecule has 0 aromatic carbocycles. The molecule has 3 heterocycles. The fourth-order valence-electron chi connectivity index (χ4n) is 3.65. The van der Waals surface area contributed by atoms with Crippen LogP contribution in [0.2, 0.25) is 0 Å². The molecule has 2 aromatic heterocycles. The van der Waals surface area contributed by atoms with E-state index in [0.29, 0.717) is 6.04 Å². The van der Waals surface area contributed by atoms with Crippen molar-refractivity contribution in [2.45, 2.75) is 45.6 Å². The highest BCUT2D eigenvalue weighted by atomic mass is 16.2. The summed E-state index contributed by atoms with van der Waals surface area (Å²) in [5, 5.41) is 15.8. The fraction of sp³-hybridized carbons (Fsp3) is 0.556. The molecule has 3 rings (SSSR count). The maximum Gasteiger partial charge on any atom is 0.229 e. The third kappa shape index (κ3) is 3.65. The van der Waals surface area contributed by atoms with E-state index in [0.717, 1.165) is 48.7 Å². The van der Waals surface area contributed by atoms with Crippen molar-refractivity contribution in [3.8, 4) is 0 Å². The Balaban J connectivity index is 1.59. The maximum atomic E-state index is 12.9. The summed E-state index contributed by atoms with van der Waals surface area (Å²) in [7, 11) is 1.92. The molecule has 2 aromatic rings. The van der Waals surface area contributed by atoms with Crippen LogP contribution in [0.5, 0.6) is 0 Å². The van der Waals surface area contributed by atoms with Gasteiger partial charge in [0.05, 0.1) is 11.6 Å². The fourth-order valence-corrected chi connectivity index (χ4v) is 3.65. The van der Waals surface area contributed by atoms with E-state index in [-0.39, 0.29) is 11.8 Å². The van der Waals surface area contributed by atoms with Crippen molar-refractivity contribution in [2.75, 3.05) is 18.4 Å². The number of likely N-dealkylation sites (tertiary alicyclic amines) is 1. The molecular weight excluding hydrogens is 316 g/mol. The van der Waals surface area contributed by atoms with E-state index in [1.807, 2.05) is 49.5 Å². The molecule has 7 nitrogen and oxygen atoms in total. The van der Waals surface area contributed by atoms with Crippen molar-refractivity contribution in [3.63, 3.8) is 0 Å². The van der Waals surface area contributed by atoms with Crippen molar-refractivity contribution in [3.05, 3.63) is 35.3 Å². The monoisotopic (exact) mass is 342 g/mol. The lowest BCUT2D eigenvalue weighted by Crippen LogP contribution is -2.44. The van der Waals surface area contributed by atoms with Crippen LogP contribution in [0.25, 0.3) is 0 Å². The lowest BCUT2D eigenvalue weighted by molar-refractivity contribution is -0.133. The first-order valence-corrected chi connectivity index (χ1v) is 8.80. The molecular formula is C18H26N6O. The minimum atomic E-state index is -0.154. The molecule has 1 atom stereocenters. The summed E-state index contributed by atoms with van der Waals surface area (Å²) >= 11 is 0. The molecule has 0 spiro atoms. The topological polar surface area (TPSA) is 75.9 Å². The van der Waals surface area contributed by atoms with E-state index >= 15 is 0 Å². The van der Waals surface area contributed by atoms with Gasteiger partial charge in [-0.25, -0.2) is 0 Å². The number of piperidine rings is 1. The van der Waals surface area contributed by atoms with Gasteiger partial charge in [0.1, 0.15) is 5.82 Å². The molecule has 0 radical (unpaired) electrons. The summed E-state index contributed by atoms with van der Waals surface area (Å²) in [6.45, 7) is 7.52. The molecule has 1 aliphatic rings. The first kappa shape index (κ1) is 17.4. The minimum Gasteiger partial charge on any atom is -0.366 e. The number of amides is 1. The maximum absolute atomic E-state index is 12.9. The molecule has 0 unspecified atom stereocenters. The third-order valence-electron chi connectivity index (χ3n) is 5.10. The van der Waals surface area contributed by atoms with Gasteiger partial charge in [0, 0.05) is 43.6 Å². The second-order valence-corrected chi connectivity index (χ2v) is 6.78. The molecule has 0 aliphatic carbocycles. The Bertz CT molecular complexity index is 734. The van der Waals surface area contributed by atoms with Crippen LogP contribution >= 0.6 is 0 Å². The van der Waals surface area contributed by atoms with Crippen LogP contribution in [0.15, 0.2) is 18.3 Å². The third-order valence-corrected chi connectivity index (χ3v) is 5.10. The number of aromatic nitrogens is 4. The lowest BCUT2D eigenvalue weighted by atomic mass is 9.96. The first-order valence-electron chi connectivity index (χ1n) is 8.80. The molecule has 1 N–H and O–H groups in total. The summed E-state index contributed by atoms with van der Waals surface area (Å²) in [6, 6.07) is 4.12. The van der Waals surface area contributed by atoms with Crippen LogP contribution in [-0.2, 0) is 11.8 Å². The number of nitrogens with one attached hydrogen (secondary N) is 1. The van der Waals surface area contributed by atoms with Gasteiger partial charge >= 0.3 is 0 Å². The first-order chi connectivity index (χ1) is 12.0. The quantitative estimate of drug-likeness (QED) is 0.920. The molecule has 25 heavy (non-hydrogen) atoms. The Hall–Kier alpha value is -2.44. The Labute approximate surface area is 148 Å². The average Bonchev–Trinajstić information content (AvgIpc) is 2.87. The van der Waals surface area contributed by atoms with Crippen LogP contribution in [0.1, 0.15) is 42.6 Å². The van der Waals surface area contributed by atoms with Crippen LogP contribution in [0.3, 0.4) is 0 Å². The number of rotatable bonds is 4. The van der Waals surface area contributed by atoms with Crippen LogP contribution in [0, 0.1) is 13.8 Å². The van der Waals surface area contributed by atoms with Crippen LogP contribution in [-0.4, -0.2) is 49.9 Å². The molecule has 1 amide bonds. The smallest absolute Gasteiger partial charge is 0.229 e. The number of hydrogen-bond donors (Lipinski definition) is 1. The van der Waals surface area contributed by atoms with E-state index in [9.17, 15) is 4.79 Å². The zero-order valence-electron chi connectivity index (χ0n) is 15.4. The average molecular weight is 342 g/mol. The van der Waals surface area contributed by atoms with Gasteiger partial charge in [-0.05, 0) is 45.7 Å². The largest absolute Gasteiger partial charge is 0.366 e. The summed E-state index contributed by atoms with van der Waals surface area (Å²) in [4.78, 5) is 14.9. The predicted octanol–water partition coefficient (Wildman–Crippen LogP) is 2.03. The molecule has 0 saturated carbocycles. The number of anilines is 1. The van der Waals surface area contributed by atoms with E-state index in [4.69, 9.17) is 0 Å². The predicted molar refractivity (Wildman–Crippen MR) is 96.4 cm³/mol. The molecule has 1 aliphatic heterocycles. The van der Waals surface area contributed by atoms with Crippen LogP contribution < -0.4 is 5.32 Å². The Morgan fingerprint density at radius 3 is 2.60 bits per heavy atom. The second kappa shape index (κ2) is 7.21. The molecule has 134 valence electrons. The summed E-state index contributed by atoms with van der Waals surface area (Å²) in [5.41, 5.74) is 3.07. The van der Waals surface area contributed by atoms with Crippen molar-refractivity contribution in [1.29, 1.82) is 0 Å². The van der Waals surface area contributed by atoms with Gasteiger partial charge in [-0.2, -0.15) is 10.2 Å². The van der Waals surface area contributed by atoms with Gasteiger partial charge in [0.2, 0.25) is 5.91 Å². The number of hydrogen-bond acceptors (Lipinski definition) is 5. The van der Waals surface area contributed by atoms with E-state index < -0.39 is 0 Å². The highest BCUT2D eigenvalue weighted by molar-refractivity contribution is 5.84. The van der Waals surface area contributed by atoms with Crippen molar-refractivity contribution in [2.24, 2.45) is 7.05 Å². The van der Waals surface area contributed by atoms with Gasteiger partial charge in [-0.15, -0.1) is 5.10 Å². The number of nitrogens with zero attached hydrogens (tertiary/aromatic N) is 5. The van der Waals surface area contributed by atoms with Crippen molar-refractivity contribution < 1.29 is 4.79 Å². The molecule has 1 saturated heterocycles. The summed E-state index contributed by atoms with van der Waals surface area (Å²) in [5.74, 6) is 0.831. The SMILES string of the molecule is Cc1nn(C)c(C)c1[C@@H](C)C(=O)N1CCC(Nc2cccnn2)CC1.